The number of nitrogens with one attached hydrogen (secondary N) is 1. The van der Waals surface area contributed by atoms with Gasteiger partial charge in [0.15, 0.2) is 0 Å². The van der Waals surface area contributed by atoms with Crippen LogP contribution in [0.1, 0.15) is 18.4 Å². The molecule has 1 N–H and O–H groups in total. The molecular formula is C20H22FN3O6S. The van der Waals surface area contributed by atoms with Gasteiger partial charge in [0.1, 0.15) is 16.5 Å². The van der Waals surface area contributed by atoms with Crippen LogP contribution in [0, 0.1) is 28.8 Å². The molecule has 0 radical (unpaired) electrons. The van der Waals surface area contributed by atoms with Crippen molar-refractivity contribution in [3.8, 4) is 5.75 Å². The van der Waals surface area contributed by atoms with Crippen molar-refractivity contribution in [2.75, 3.05) is 25.5 Å². The van der Waals surface area contributed by atoms with Gasteiger partial charge in [0.25, 0.3) is 5.69 Å². The van der Waals surface area contributed by atoms with E-state index in [0.29, 0.717) is 24.1 Å². The first-order valence-electron chi connectivity index (χ1n) is 9.53. The Morgan fingerprint density at radius 2 is 2.03 bits per heavy atom. The van der Waals surface area contributed by atoms with Crippen LogP contribution in [0.2, 0.25) is 0 Å². The average molecular weight is 451 g/mol. The number of nitro benzene ring substituents is 1. The number of ether oxygens (including phenoxy) is 1. The van der Waals surface area contributed by atoms with Gasteiger partial charge in [-0.1, -0.05) is 6.07 Å². The molecule has 0 aliphatic carbocycles. The quantitative estimate of drug-likeness (QED) is 0.533. The van der Waals surface area contributed by atoms with E-state index in [9.17, 15) is 27.7 Å². The predicted molar refractivity (Wildman–Crippen MR) is 111 cm³/mol. The summed E-state index contributed by atoms with van der Waals surface area (Å²) in [6.07, 6.45) is 0.884. The van der Waals surface area contributed by atoms with Crippen molar-refractivity contribution >= 4 is 27.3 Å². The fraction of sp³-hybridized carbons (Fsp3) is 0.350. The lowest BCUT2D eigenvalue weighted by molar-refractivity contribution is -0.384. The molecule has 2 aromatic carbocycles. The van der Waals surface area contributed by atoms with Gasteiger partial charge in [0, 0.05) is 25.2 Å². The number of nitro groups is 1. The van der Waals surface area contributed by atoms with E-state index in [1.807, 2.05) is 0 Å². The minimum Gasteiger partial charge on any atom is -0.495 e. The highest BCUT2D eigenvalue weighted by Crippen LogP contribution is 2.31. The first kappa shape index (κ1) is 22.6. The molecule has 9 nitrogen and oxygen atoms in total. The highest BCUT2D eigenvalue weighted by Gasteiger charge is 2.35. The van der Waals surface area contributed by atoms with Crippen molar-refractivity contribution in [2.24, 2.45) is 5.92 Å². The van der Waals surface area contributed by atoms with Crippen molar-refractivity contribution < 1.29 is 27.3 Å². The maximum absolute atomic E-state index is 13.7. The summed E-state index contributed by atoms with van der Waals surface area (Å²) in [5, 5.41) is 13.7. The topological polar surface area (TPSA) is 119 Å². The molecule has 0 spiro atoms. The highest BCUT2D eigenvalue weighted by molar-refractivity contribution is 7.89. The lowest BCUT2D eigenvalue weighted by atomic mass is 9.98. The van der Waals surface area contributed by atoms with E-state index in [1.54, 1.807) is 6.92 Å². The summed E-state index contributed by atoms with van der Waals surface area (Å²) in [5.41, 5.74) is 0.779. The zero-order valence-electron chi connectivity index (χ0n) is 17.0. The number of halogens is 1. The Labute approximate surface area is 179 Å². The fourth-order valence-electron chi connectivity index (χ4n) is 3.46. The molecule has 1 amide bonds. The average Bonchev–Trinajstić information content (AvgIpc) is 2.75. The zero-order chi connectivity index (χ0) is 22.8. The highest BCUT2D eigenvalue weighted by atomic mass is 32.2. The largest absolute Gasteiger partial charge is 0.495 e. The lowest BCUT2D eigenvalue weighted by Gasteiger charge is -2.31. The first-order valence-corrected chi connectivity index (χ1v) is 11.0. The van der Waals surface area contributed by atoms with Crippen molar-refractivity contribution in [3.63, 3.8) is 0 Å². The third kappa shape index (κ3) is 4.83. The number of amides is 1. The van der Waals surface area contributed by atoms with Gasteiger partial charge in [0.2, 0.25) is 15.9 Å². The maximum atomic E-state index is 13.7. The summed E-state index contributed by atoms with van der Waals surface area (Å²) in [5.74, 6) is -1.80. The Hall–Kier alpha value is -3.05. The standard InChI is InChI=1S/C20H22FN3O6S/c1-13-5-7-16(24(26)27)11-17(13)22-20(25)14-4-3-9-23(12-14)31(28,29)19-10-15(21)6-8-18(19)30-2/h5-8,10-11,14H,3-4,9,12H2,1-2H3,(H,22,25)/t14-/m0/s1. The molecule has 0 bridgehead atoms. The summed E-state index contributed by atoms with van der Waals surface area (Å²) < 4.78 is 46.1. The number of non-ortho nitro benzene ring substituents is 1. The Balaban J connectivity index is 1.81. The van der Waals surface area contributed by atoms with Crippen LogP contribution in [0.5, 0.6) is 5.75 Å². The number of hydrogen-bond acceptors (Lipinski definition) is 6. The second kappa shape index (κ2) is 8.98. The van der Waals surface area contributed by atoms with E-state index in [-0.39, 0.29) is 29.4 Å². The number of aryl methyl sites for hydroxylation is 1. The molecule has 0 unspecified atom stereocenters. The van der Waals surface area contributed by atoms with E-state index < -0.39 is 32.6 Å². The van der Waals surface area contributed by atoms with Crippen LogP contribution >= 0.6 is 0 Å². The summed E-state index contributed by atoms with van der Waals surface area (Å²) in [7, 11) is -2.80. The van der Waals surface area contributed by atoms with Crippen LogP contribution in [0.15, 0.2) is 41.3 Å². The van der Waals surface area contributed by atoms with E-state index in [4.69, 9.17) is 4.74 Å². The number of hydrogen-bond donors (Lipinski definition) is 1. The number of sulfonamides is 1. The van der Waals surface area contributed by atoms with Gasteiger partial charge in [-0.3, -0.25) is 14.9 Å². The van der Waals surface area contributed by atoms with Crippen LogP contribution in [-0.4, -0.2) is 43.8 Å². The van der Waals surface area contributed by atoms with E-state index in [1.165, 1.54) is 31.4 Å². The van der Waals surface area contributed by atoms with Crippen molar-refractivity contribution in [1.29, 1.82) is 0 Å². The molecule has 1 saturated heterocycles. The maximum Gasteiger partial charge on any atom is 0.271 e. The first-order chi connectivity index (χ1) is 14.6. The number of carbonyl (C=O) groups is 1. The van der Waals surface area contributed by atoms with Gasteiger partial charge >= 0.3 is 0 Å². The molecule has 1 aliphatic heterocycles. The molecule has 31 heavy (non-hydrogen) atoms. The summed E-state index contributed by atoms with van der Waals surface area (Å²) in [4.78, 5) is 22.9. The normalized spacial score (nSPS) is 17.2. The van der Waals surface area contributed by atoms with Crippen LogP contribution in [0.25, 0.3) is 0 Å². The van der Waals surface area contributed by atoms with Crippen LogP contribution in [-0.2, 0) is 14.8 Å². The number of rotatable bonds is 6. The lowest BCUT2D eigenvalue weighted by Crippen LogP contribution is -2.43. The van der Waals surface area contributed by atoms with Gasteiger partial charge in [-0.25, -0.2) is 12.8 Å². The third-order valence-electron chi connectivity index (χ3n) is 5.19. The molecule has 11 heteroatoms. The minimum absolute atomic E-state index is 0.0141. The number of benzene rings is 2. The van der Waals surface area contributed by atoms with Crippen LogP contribution in [0.4, 0.5) is 15.8 Å². The fourth-order valence-corrected chi connectivity index (χ4v) is 5.15. The van der Waals surface area contributed by atoms with Gasteiger partial charge in [0.05, 0.1) is 23.6 Å². The zero-order valence-corrected chi connectivity index (χ0v) is 17.8. The molecule has 0 saturated carbocycles. The third-order valence-corrected chi connectivity index (χ3v) is 7.07. The number of carbonyl (C=O) groups excluding carboxylic acids is 1. The van der Waals surface area contributed by atoms with E-state index in [0.717, 1.165) is 16.4 Å². The van der Waals surface area contributed by atoms with Crippen LogP contribution < -0.4 is 10.1 Å². The van der Waals surface area contributed by atoms with E-state index >= 15 is 0 Å². The van der Waals surface area contributed by atoms with Crippen molar-refractivity contribution in [2.45, 2.75) is 24.7 Å². The van der Waals surface area contributed by atoms with Gasteiger partial charge in [-0.15, -0.1) is 0 Å². The molecule has 166 valence electrons. The predicted octanol–water partition coefficient (Wildman–Crippen LogP) is 3.09. The molecule has 0 aromatic heterocycles. The molecule has 3 rings (SSSR count). The van der Waals surface area contributed by atoms with E-state index in [2.05, 4.69) is 5.32 Å². The molecule has 1 heterocycles. The second-order valence-corrected chi connectivity index (χ2v) is 9.15. The Bertz CT molecular complexity index is 1120. The Morgan fingerprint density at radius 1 is 1.29 bits per heavy atom. The van der Waals surface area contributed by atoms with Gasteiger partial charge < -0.3 is 10.1 Å². The molecule has 1 atom stereocenters. The number of piperidine rings is 1. The molecule has 2 aromatic rings. The smallest absolute Gasteiger partial charge is 0.271 e. The second-order valence-electron chi connectivity index (χ2n) is 7.24. The number of nitrogens with zero attached hydrogens (tertiary/aromatic N) is 2. The molecule has 1 aliphatic rings. The summed E-state index contributed by atoms with van der Waals surface area (Å²) in [6.45, 7) is 1.79. The number of methoxy groups -OCH3 is 1. The minimum atomic E-state index is -4.09. The van der Waals surface area contributed by atoms with Crippen molar-refractivity contribution in [1.82, 2.24) is 4.31 Å². The number of anilines is 1. The monoisotopic (exact) mass is 451 g/mol. The molecule has 1 fully saturated rings. The van der Waals surface area contributed by atoms with Gasteiger partial charge in [-0.05, 0) is 43.5 Å². The van der Waals surface area contributed by atoms with Crippen LogP contribution in [0.3, 0.4) is 0 Å². The SMILES string of the molecule is COc1ccc(F)cc1S(=O)(=O)N1CCC[C@H](C(=O)Nc2cc([N+](=O)[O-])ccc2C)C1. The summed E-state index contributed by atoms with van der Waals surface area (Å²) in [6, 6.07) is 7.37. The Kier molecular flexibility index (Phi) is 6.56. The van der Waals surface area contributed by atoms with Crippen molar-refractivity contribution in [3.05, 3.63) is 57.9 Å². The van der Waals surface area contributed by atoms with Gasteiger partial charge in [-0.2, -0.15) is 4.31 Å². The summed E-state index contributed by atoms with van der Waals surface area (Å²) >= 11 is 0. The Morgan fingerprint density at radius 3 is 2.71 bits per heavy atom. The molecular weight excluding hydrogens is 429 g/mol.